The van der Waals surface area contributed by atoms with E-state index in [1.807, 2.05) is 0 Å². The molecule has 0 radical (unpaired) electrons. The zero-order valence-corrected chi connectivity index (χ0v) is 33.7. The molecule has 0 saturated heterocycles. The van der Waals surface area contributed by atoms with Gasteiger partial charge in [0.15, 0.2) is 12.1 Å². The van der Waals surface area contributed by atoms with Crippen LogP contribution in [0.2, 0.25) is 0 Å². The topological polar surface area (TPSA) is 229 Å². The Morgan fingerprint density at radius 2 is 0.923 bits per heavy atom. The van der Waals surface area contributed by atoms with Crippen molar-refractivity contribution in [2.75, 3.05) is 10.0 Å². The van der Waals surface area contributed by atoms with Crippen molar-refractivity contribution in [3.8, 4) is 11.1 Å². The molecule has 6 rings (SSSR count). The molecular weight excluding hydrogens is 735 g/mol. The summed E-state index contributed by atoms with van der Waals surface area (Å²) in [6.07, 6.45) is 0. The molecule has 0 aliphatic carbocycles. The molecule has 4 aromatic rings. The van der Waals surface area contributed by atoms with E-state index in [2.05, 4.69) is 30.7 Å². The maximum Gasteiger partial charge on any atom is 1.00 e. The van der Waals surface area contributed by atoms with E-state index >= 15 is 0 Å². The summed E-state index contributed by atoms with van der Waals surface area (Å²) in [5, 5.41) is 26.7. The Morgan fingerprint density at radius 1 is 0.577 bits per heavy atom. The van der Waals surface area contributed by atoms with E-state index in [4.69, 9.17) is 0 Å². The van der Waals surface area contributed by atoms with Crippen molar-refractivity contribution >= 4 is 66.2 Å². The normalized spacial score (nSPS) is 17.7. The molecule has 2 amide bonds. The van der Waals surface area contributed by atoms with Gasteiger partial charge in [-0.25, -0.2) is 16.8 Å². The second-order valence-corrected chi connectivity index (χ2v) is 13.7. The summed E-state index contributed by atoms with van der Waals surface area (Å²) in [6.45, 7) is 3.13. The molecule has 0 bridgehead atoms. The van der Waals surface area contributed by atoms with Crippen LogP contribution < -0.4 is 69.1 Å². The van der Waals surface area contributed by atoms with Gasteiger partial charge in [0.1, 0.15) is 20.2 Å². The number of amides is 2. The summed E-state index contributed by atoms with van der Waals surface area (Å²) >= 11 is 0. The minimum atomic E-state index is -5.29. The zero-order valence-electron chi connectivity index (χ0n) is 28.1. The number of para-hydroxylation sites is 2. The first-order chi connectivity index (χ1) is 23.7. The number of rotatable bonds is 9. The van der Waals surface area contributed by atoms with Gasteiger partial charge in [-0.15, -0.1) is 0 Å². The monoisotopic (exact) mass is 758 g/mol. The van der Waals surface area contributed by atoms with Crippen LogP contribution in [0, 0.1) is 0 Å². The summed E-state index contributed by atoms with van der Waals surface area (Å²) in [5.74, 6) is -1.02. The van der Waals surface area contributed by atoms with Crippen LogP contribution in [0.25, 0.3) is 11.1 Å². The fourth-order valence-electron chi connectivity index (χ4n) is 5.14. The average molecular weight is 759 g/mol. The quantitative estimate of drug-likeness (QED) is 0.116. The van der Waals surface area contributed by atoms with Gasteiger partial charge in [-0.3, -0.25) is 9.59 Å². The van der Waals surface area contributed by atoms with Crippen molar-refractivity contribution in [1.29, 1.82) is 0 Å². The van der Waals surface area contributed by atoms with E-state index in [9.17, 15) is 35.5 Å². The number of azo groups is 2. The van der Waals surface area contributed by atoms with Crippen molar-refractivity contribution in [1.82, 2.24) is 0 Å². The maximum atomic E-state index is 13.0. The summed E-state index contributed by atoms with van der Waals surface area (Å²) < 4.78 is 74.4. The van der Waals surface area contributed by atoms with Crippen molar-refractivity contribution in [3.63, 3.8) is 0 Å². The second kappa shape index (κ2) is 16.5. The van der Waals surface area contributed by atoms with E-state index in [0.717, 1.165) is 34.3 Å². The van der Waals surface area contributed by atoms with Gasteiger partial charge >= 0.3 is 59.1 Å². The van der Waals surface area contributed by atoms with Gasteiger partial charge in [-0.1, -0.05) is 48.5 Å². The zero-order chi connectivity index (χ0) is 35.8. The van der Waals surface area contributed by atoms with Gasteiger partial charge in [0.2, 0.25) is 0 Å². The van der Waals surface area contributed by atoms with Crippen LogP contribution in [0.3, 0.4) is 0 Å². The number of hydrogen-bond donors (Lipinski definition) is 0. The molecule has 0 spiro atoms. The van der Waals surface area contributed by atoms with Gasteiger partial charge < -0.3 is 9.11 Å². The Morgan fingerprint density at radius 3 is 1.25 bits per heavy atom. The number of hydrazone groups is 2. The van der Waals surface area contributed by atoms with E-state index < -0.39 is 65.1 Å². The maximum absolute atomic E-state index is 13.0. The molecule has 0 aromatic heterocycles. The first-order valence-electron chi connectivity index (χ1n) is 14.6. The smallest absolute Gasteiger partial charge is 0.744 e. The standard InChI is InChI=1S/C32H26N8O8S2.2Na/c1-19-29(31(41)39(37-19)23-9-5-3-6-10-23)35-33-21-13-15-25(27(17-21)49(43,44)45)26-16-14-22(18-28(26)50(46,47)48)34-36-30-20(2)38-40(32(30)42)24-11-7-4-8-12-24;;/h3-18,29-30H,1-2H3,(H,43,44,45)(H,46,47,48);;/q;2*+1/p-2/t29-,30-;;/m0../s1. The molecule has 0 N–H and O–H groups in total. The van der Waals surface area contributed by atoms with E-state index in [1.54, 1.807) is 74.5 Å². The van der Waals surface area contributed by atoms with E-state index in [0.29, 0.717) is 22.8 Å². The van der Waals surface area contributed by atoms with Gasteiger partial charge in [-0.2, -0.15) is 40.7 Å². The summed E-state index contributed by atoms with van der Waals surface area (Å²) in [4.78, 5) is 24.2. The third-order valence-corrected chi connectivity index (χ3v) is 9.28. The Bertz CT molecular complexity index is 2210. The fraction of sp³-hybridized carbons (Fsp3) is 0.125. The predicted octanol–water partition coefficient (Wildman–Crippen LogP) is -1.08. The molecular formula is C32H24N8Na2O8S2. The molecule has 4 aromatic carbocycles. The molecule has 0 unspecified atom stereocenters. The number of carbonyl (C=O) groups is 2. The Hall–Kier alpha value is -3.82. The minimum absolute atomic E-state index is 0. The second-order valence-electron chi connectivity index (χ2n) is 11.0. The number of nitrogens with zero attached hydrogens (tertiary/aromatic N) is 8. The van der Waals surface area contributed by atoms with Crippen LogP contribution in [-0.4, -0.2) is 61.3 Å². The Labute approximate surface area is 342 Å². The van der Waals surface area contributed by atoms with Crippen molar-refractivity contribution in [2.45, 2.75) is 35.7 Å². The molecule has 0 saturated carbocycles. The molecule has 2 aliphatic heterocycles. The average Bonchev–Trinajstić information content (AvgIpc) is 3.54. The van der Waals surface area contributed by atoms with Gasteiger partial charge in [0.25, 0.3) is 11.8 Å². The van der Waals surface area contributed by atoms with Gasteiger partial charge in [-0.05, 0) is 62.4 Å². The van der Waals surface area contributed by atoms with Gasteiger partial charge in [0.05, 0.1) is 44.0 Å². The molecule has 2 heterocycles. The third kappa shape index (κ3) is 8.69. The molecule has 2 aliphatic rings. The number of hydrogen-bond acceptors (Lipinski definition) is 14. The minimum Gasteiger partial charge on any atom is -0.744 e. The Balaban J connectivity index is 0.00000302. The fourth-order valence-corrected chi connectivity index (χ4v) is 6.57. The number of carbonyl (C=O) groups excluding carboxylic acids is 2. The van der Waals surface area contributed by atoms with Crippen LogP contribution in [0.15, 0.2) is 138 Å². The predicted molar refractivity (Wildman–Crippen MR) is 178 cm³/mol. The van der Waals surface area contributed by atoms with Crippen LogP contribution in [0.5, 0.6) is 0 Å². The molecule has 20 heteroatoms. The first kappa shape index (κ1) is 40.9. The van der Waals surface area contributed by atoms with Crippen molar-refractivity contribution in [2.24, 2.45) is 30.7 Å². The van der Waals surface area contributed by atoms with Crippen LogP contribution in [-0.2, 0) is 29.8 Å². The van der Waals surface area contributed by atoms with Crippen LogP contribution >= 0.6 is 0 Å². The summed E-state index contributed by atoms with van der Waals surface area (Å²) in [6, 6.07) is 21.2. The molecule has 52 heavy (non-hydrogen) atoms. The van der Waals surface area contributed by atoms with Crippen LogP contribution in [0.1, 0.15) is 13.8 Å². The molecule has 16 nitrogen and oxygen atoms in total. The van der Waals surface area contributed by atoms with E-state index in [-0.39, 0.29) is 70.5 Å². The van der Waals surface area contributed by atoms with Crippen molar-refractivity contribution < 1.29 is 94.6 Å². The largest absolute Gasteiger partial charge is 1.00 e. The third-order valence-electron chi connectivity index (χ3n) is 7.53. The Kier molecular flexibility index (Phi) is 13.0. The molecule has 254 valence electrons. The van der Waals surface area contributed by atoms with Crippen molar-refractivity contribution in [3.05, 3.63) is 97.1 Å². The summed E-state index contributed by atoms with van der Waals surface area (Å²) in [5.41, 5.74) is 0.507. The summed E-state index contributed by atoms with van der Waals surface area (Å²) in [7, 11) is -10.6. The molecule has 2 atom stereocenters. The van der Waals surface area contributed by atoms with Gasteiger partial charge in [0, 0.05) is 11.1 Å². The molecule has 0 fully saturated rings. The number of anilines is 2. The van der Waals surface area contributed by atoms with E-state index in [1.165, 1.54) is 12.1 Å². The SMILES string of the molecule is CC1=NN(c2ccccc2)C(=O)[C@H]1N=Nc1ccc(-c2ccc(N=N[C@@H]3C(=O)N(c4ccccc4)N=C3C)cc2S(=O)(=O)[O-])c(S(=O)(=O)[O-])c1.[Na+].[Na+]. The van der Waals surface area contributed by atoms with Crippen LogP contribution in [0.4, 0.5) is 22.7 Å². The number of benzene rings is 4. The first-order valence-corrected chi connectivity index (χ1v) is 17.4.